The van der Waals surface area contributed by atoms with Crippen molar-refractivity contribution < 1.29 is 9.53 Å². The van der Waals surface area contributed by atoms with Gasteiger partial charge >= 0.3 is 5.97 Å². The molecular weight excluding hydrogens is 222 g/mol. The summed E-state index contributed by atoms with van der Waals surface area (Å²) in [6.07, 6.45) is 2.12. The lowest BCUT2D eigenvalue weighted by Crippen LogP contribution is -2.46. The van der Waals surface area contributed by atoms with Crippen LogP contribution in [0.3, 0.4) is 0 Å². The van der Waals surface area contributed by atoms with Crippen LogP contribution in [0.15, 0.2) is 11.1 Å². The van der Waals surface area contributed by atoms with Crippen molar-refractivity contribution in [1.29, 1.82) is 0 Å². The third kappa shape index (κ3) is 1.65. The fourth-order valence-electron chi connectivity index (χ4n) is 2.78. The van der Waals surface area contributed by atoms with E-state index in [1.54, 1.807) is 0 Å². The number of nitrogens with zero attached hydrogens (tertiary/aromatic N) is 1. The summed E-state index contributed by atoms with van der Waals surface area (Å²) < 4.78 is 4.88. The molecule has 1 aliphatic heterocycles. The van der Waals surface area contributed by atoms with Crippen LogP contribution in [0.5, 0.6) is 0 Å². The summed E-state index contributed by atoms with van der Waals surface area (Å²) in [6.45, 7) is 3.04. The van der Waals surface area contributed by atoms with Gasteiger partial charge in [-0.05, 0) is 25.3 Å². The van der Waals surface area contributed by atoms with Gasteiger partial charge in [0.1, 0.15) is 5.92 Å². The van der Waals surface area contributed by atoms with E-state index in [1.807, 2.05) is 11.9 Å². The van der Waals surface area contributed by atoms with Crippen molar-refractivity contribution in [2.45, 2.75) is 19.8 Å². The van der Waals surface area contributed by atoms with Crippen molar-refractivity contribution in [1.82, 2.24) is 4.90 Å². The average molecular weight is 239 g/mol. The average Bonchev–Trinajstić information content (AvgIpc) is 2.61. The predicted molar refractivity (Wildman–Crippen MR) is 66.2 cm³/mol. The first-order valence-electron chi connectivity index (χ1n) is 5.57. The Morgan fingerprint density at radius 1 is 1.56 bits per heavy atom. The van der Waals surface area contributed by atoms with Crippen molar-refractivity contribution in [3.05, 3.63) is 11.1 Å². The van der Waals surface area contributed by atoms with Crippen LogP contribution < -0.4 is 0 Å². The summed E-state index contributed by atoms with van der Waals surface area (Å²) >= 11 is 5.36. The summed E-state index contributed by atoms with van der Waals surface area (Å²) in [5.41, 5.74) is 2.82. The summed E-state index contributed by atoms with van der Waals surface area (Å²) in [7, 11) is 3.39. The Morgan fingerprint density at radius 3 is 2.88 bits per heavy atom. The van der Waals surface area contributed by atoms with Crippen LogP contribution in [0.4, 0.5) is 0 Å². The van der Waals surface area contributed by atoms with Crippen molar-refractivity contribution >= 4 is 23.2 Å². The van der Waals surface area contributed by atoms with Crippen LogP contribution in [0.25, 0.3) is 0 Å². The van der Waals surface area contributed by atoms with Gasteiger partial charge in [-0.15, -0.1) is 0 Å². The molecule has 16 heavy (non-hydrogen) atoms. The van der Waals surface area contributed by atoms with E-state index in [2.05, 4.69) is 6.92 Å². The number of methoxy groups -OCH3 is 1. The Bertz CT molecular complexity index is 375. The molecule has 1 fully saturated rings. The van der Waals surface area contributed by atoms with Gasteiger partial charge in [0, 0.05) is 19.5 Å². The maximum atomic E-state index is 11.8. The van der Waals surface area contributed by atoms with E-state index in [0.717, 1.165) is 24.4 Å². The normalized spacial score (nSPS) is 29.4. The van der Waals surface area contributed by atoms with Gasteiger partial charge in [-0.2, -0.15) is 0 Å². The van der Waals surface area contributed by atoms with E-state index in [0.29, 0.717) is 0 Å². The van der Waals surface area contributed by atoms with E-state index in [9.17, 15) is 4.79 Å². The molecule has 0 radical (unpaired) electrons. The molecule has 0 aromatic heterocycles. The zero-order valence-corrected chi connectivity index (χ0v) is 10.8. The molecule has 0 amide bonds. The number of piperidine rings is 1. The van der Waals surface area contributed by atoms with Gasteiger partial charge in [-0.1, -0.05) is 17.8 Å². The molecule has 0 aromatic carbocycles. The lowest BCUT2D eigenvalue weighted by Gasteiger charge is -2.37. The first kappa shape index (κ1) is 11.6. The Morgan fingerprint density at radius 2 is 2.25 bits per heavy atom. The number of carbonyl (C=O) groups is 1. The minimum Gasteiger partial charge on any atom is -0.468 e. The first-order valence-corrected chi connectivity index (χ1v) is 5.98. The molecule has 2 rings (SSSR count). The van der Waals surface area contributed by atoms with Gasteiger partial charge < -0.3 is 9.64 Å². The molecule has 0 bridgehead atoms. The molecule has 0 aromatic rings. The number of likely N-dealkylation sites (tertiary alicyclic amines) is 1. The molecular formula is C12H17NO2S. The highest BCUT2D eigenvalue weighted by Gasteiger charge is 2.43. The van der Waals surface area contributed by atoms with Crippen LogP contribution in [-0.2, 0) is 9.53 Å². The standard InChI is InChI=1S/C12H17NO2S/c1-7-4-5-8-9(7)6-13(2)11(16)10(8)12(14)15-3/h8,10H,4-6H2,1-3H3/t8-,10+/m0/s1. The molecule has 4 heteroatoms. The fourth-order valence-corrected chi connectivity index (χ4v) is 3.10. The number of rotatable bonds is 1. The minimum absolute atomic E-state index is 0.186. The van der Waals surface area contributed by atoms with Crippen LogP contribution >= 0.6 is 12.2 Å². The number of hydrogen-bond acceptors (Lipinski definition) is 3. The molecule has 0 N–H and O–H groups in total. The van der Waals surface area contributed by atoms with Crippen LogP contribution in [0.1, 0.15) is 19.8 Å². The van der Waals surface area contributed by atoms with Gasteiger partial charge in [0.05, 0.1) is 12.1 Å². The highest BCUT2D eigenvalue weighted by atomic mass is 32.1. The number of ether oxygens (including phenoxy) is 1. The lowest BCUT2D eigenvalue weighted by molar-refractivity contribution is -0.144. The summed E-state index contributed by atoms with van der Waals surface area (Å²) in [6, 6.07) is 0. The number of likely N-dealkylation sites (N-methyl/N-ethyl adjacent to an activating group) is 1. The van der Waals surface area contributed by atoms with Crippen LogP contribution in [0.2, 0.25) is 0 Å². The molecule has 1 saturated heterocycles. The number of thiocarbonyl (C=S) groups is 1. The smallest absolute Gasteiger partial charge is 0.316 e. The Hall–Kier alpha value is -0.900. The topological polar surface area (TPSA) is 29.5 Å². The van der Waals surface area contributed by atoms with Crippen molar-refractivity contribution in [2.24, 2.45) is 11.8 Å². The quantitative estimate of drug-likeness (QED) is 0.396. The number of hydrogen-bond donors (Lipinski definition) is 0. The van der Waals surface area contributed by atoms with Crippen LogP contribution in [0, 0.1) is 11.8 Å². The van der Waals surface area contributed by atoms with E-state index < -0.39 is 0 Å². The summed E-state index contributed by atoms with van der Waals surface area (Å²) in [4.78, 5) is 14.5. The first-order chi connectivity index (χ1) is 7.56. The molecule has 88 valence electrons. The number of allylic oxidation sites excluding steroid dienone is 1. The Labute approximate surface area is 101 Å². The maximum absolute atomic E-state index is 11.8. The summed E-state index contributed by atoms with van der Waals surface area (Å²) in [5, 5.41) is 0. The third-order valence-corrected chi connectivity index (χ3v) is 4.30. The van der Waals surface area contributed by atoms with Gasteiger partial charge in [0.2, 0.25) is 0 Å². The molecule has 2 atom stereocenters. The van der Waals surface area contributed by atoms with Crippen molar-refractivity contribution in [2.75, 3.05) is 20.7 Å². The molecule has 2 aliphatic rings. The molecule has 1 aliphatic carbocycles. The monoisotopic (exact) mass is 239 g/mol. The molecule has 1 heterocycles. The predicted octanol–water partition coefficient (Wildman–Crippen LogP) is 1.77. The molecule has 3 nitrogen and oxygen atoms in total. The van der Waals surface area contributed by atoms with Crippen molar-refractivity contribution in [3.63, 3.8) is 0 Å². The number of carbonyl (C=O) groups excluding carboxylic acids is 1. The lowest BCUT2D eigenvalue weighted by atomic mass is 9.82. The number of fused-ring (bicyclic) bond motifs is 1. The zero-order chi connectivity index (χ0) is 11.9. The largest absolute Gasteiger partial charge is 0.468 e. The molecule has 0 spiro atoms. The molecule has 0 saturated carbocycles. The van der Waals surface area contributed by atoms with E-state index in [1.165, 1.54) is 18.3 Å². The van der Waals surface area contributed by atoms with Gasteiger partial charge in [0.25, 0.3) is 0 Å². The molecule has 0 unspecified atom stereocenters. The summed E-state index contributed by atoms with van der Waals surface area (Å²) in [5.74, 6) is -0.143. The third-order valence-electron chi connectivity index (χ3n) is 3.73. The highest BCUT2D eigenvalue weighted by molar-refractivity contribution is 7.80. The fraction of sp³-hybridized carbons (Fsp3) is 0.667. The van der Waals surface area contributed by atoms with Crippen LogP contribution in [-0.4, -0.2) is 36.6 Å². The van der Waals surface area contributed by atoms with Gasteiger partial charge in [-0.25, -0.2) is 0 Å². The SMILES string of the molecule is COC(=O)[C@H]1C(=S)N(C)CC2=C(C)CC[C@@H]21. The second kappa shape index (κ2) is 4.17. The minimum atomic E-state index is -0.244. The van der Waals surface area contributed by atoms with Crippen molar-refractivity contribution in [3.8, 4) is 0 Å². The maximum Gasteiger partial charge on any atom is 0.316 e. The second-order valence-electron chi connectivity index (χ2n) is 4.65. The number of esters is 1. The Kier molecular flexibility index (Phi) is 3.02. The van der Waals surface area contributed by atoms with E-state index >= 15 is 0 Å². The van der Waals surface area contributed by atoms with Gasteiger partial charge in [0.15, 0.2) is 0 Å². The zero-order valence-electron chi connectivity index (χ0n) is 9.95. The van der Waals surface area contributed by atoms with E-state index in [-0.39, 0.29) is 17.8 Å². The van der Waals surface area contributed by atoms with E-state index in [4.69, 9.17) is 17.0 Å². The highest BCUT2D eigenvalue weighted by Crippen LogP contribution is 2.41. The Balaban J connectivity index is 2.35. The second-order valence-corrected chi connectivity index (χ2v) is 5.06. The van der Waals surface area contributed by atoms with Gasteiger partial charge in [-0.3, -0.25) is 4.79 Å².